The average Bonchev–Trinajstić information content (AvgIpc) is 3.36. The zero-order chi connectivity index (χ0) is 31.0. The van der Waals surface area contributed by atoms with Crippen LogP contribution in [0.4, 0.5) is 0 Å². The number of nitrogens with zero attached hydrogens (tertiary/aromatic N) is 1. The second kappa shape index (κ2) is 11.4. The number of ketones is 3. The zero-order valence-corrected chi connectivity index (χ0v) is 24.9. The first-order valence-electron chi connectivity index (χ1n) is 14.1. The smallest absolute Gasteiger partial charge is 0.209 e. The van der Waals surface area contributed by atoms with Crippen molar-refractivity contribution in [3.63, 3.8) is 0 Å². The van der Waals surface area contributed by atoms with E-state index in [2.05, 4.69) is 0 Å². The minimum absolute atomic E-state index is 0.0604. The van der Waals surface area contributed by atoms with Gasteiger partial charge in [0, 0.05) is 17.7 Å². The Bertz CT molecular complexity index is 1810. The number of methoxy groups -OCH3 is 4. The summed E-state index contributed by atoms with van der Waals surface area (Å²) in [7, 11) is 6.13. The standard InChI is InChI=1S/C36H31NO7/c1-41-27-16-15-25(20-29(27)43-3)36-26-21-30(44-4)28(42-2)19-24(26)17-18-37(36)32(34(39)23-13-9-6-10-14-23)31(35(36)40)33(38)22-11-7-5-8-12-22/h5-16,19-21H,17-18H2,1-4H3. The van der Waals surface area contributed by atoms with E-state index in [4.69, 9.17) is 18.9 Å². The summed E-state index contributed by atoms with van der Waals surface area (Å²) in [4.78, 5) is 45.8. The number of ether oxygens (including phenoxy) is 4. The average molecular weight is 590 g/mol. The fourth-order valence-electron chi connectivity index (χ4n) is 6.37. The molecule has 1 unspecified atom stereocenters. The summed E-state index contributed by atoms with van der Waals surface area (Å²) < 4.78 is 22.5. The maximum Gasteiger partial charge on any atom is 0.209 e. The molecule has 2 aliphatic heterocycles. The Kier molecular flexibility index (Phi) is 7.43. The van der Waals surface area contributed by atoms with Crippen molar-refractivity contribution >= 4 is 17.3 Å². The van der Waals surface area contributed by atoms with E-state index >= 15 is 4.79 Å². The Labute approximate surface area is 255 Å². The Balaban J connectivity index is 1.70. The van der Waals surface area contributed by atoms with E-state index in [-0.39, 0.29) is 17.8 Å². The van der Waals surface area contributed by atoms with Gasteiger partial charge in [0.25, 0.3) is 0 Å². The molecule has 2 heterocycles. The molecule has 0 fully saturated rings. The van der Waals surface area contributed by atoms with E-state index in [0.29, 0.717) is 51.7 Å². The molecule has 0 saturated carbocycles. The number of benzene rings is 4. The van der Waals surface area contributed by atoms with Gasteiger partial charge in [0.15, 0.2) is 34.3 Å². The summed E-state index contributed by atoms with van der Waals surface area (Å²) in [6, 6.07) is 26.1. The third kappa shape index (κ3) is 4.25. The fraction of sp³-hybridized carbons (Fsp3) is 0.194. The fourth-order valence-corrected chi connectivity index (χ4v) is 6.37. The minimum Gasteiger partial charge on any atom is -0.493 e. The number of fused-ring (bicyclic) bond motifs is 3. The van der Waals surface area contributed by atoms with E-state index in [1.54, 1.807) is 90.9 Å². The van der Waals surface area contributed by atoms with Gasteiger partial charge in [-0.2, -0.15) is 0 Å². The quantitative estimate of drug-likeness (QED) is 0.189. The Morgan fingerprint density at radius 3 is 1.80 bits per heavy atom. The van der Waals surface area contributed by atoms with Crippen LogP contribution in [-0.4, -0.2) is 57.2 Å². The number of rotatable bonds is 9. The largest absolute Gasteiger partial charge is 0.493 e. The molecule has 0 bridgehead atoms. The van der Waals surface area contributed by atoms with Crippen LogP contribution in [0.2, 0.25) is 0 Å². The number of carbonyl (C=O) groups is 3. The summed E-state index contributed by atoms with van der Waals surface area (Å²) in [6.07, 6.45) is 0.483. The van der Waals surface area contributed by atoms with Crippen molar-refractivity contribution in [2.75, 3.05) is 35.0 Å². The lowest BCUT2D eigenvalue weighted by Gasteiger charge is -2.45. The summed E-state index contributed by atoms with van der Waals surface area (Å²) in [5.74, 6) is 0.364. The third-order valence-corrected chi connectivity index (χ3v) is 8.39. The molecule has 44 heavy (non-hydrogen) atoms. The summed E-state index contributed by atoms with van der Waals surface area (Å²) >= 11 is 0. The predicted molar refractivity (Wildman–Crippen MR) is 164 cm³/mol. The molecule has 2 aliphatic rings. The van der Waals surface area contributed by atoms with Gasteiger partial charge in [-0.25, -0.2) is 0 Å². The van der Waals surface area contributed by atoms with Gasteiger partial charge < -0.3 is 23.8 Å². The summed E-state index contributed by atoms with van der Waals surface area (Å²) in [5, 5.41) is 0. The molecule has 0 spiro atoms. The highest BCUT2D eigenvalue weighted by Gasteiger charge is 2.60. The molecule has 8 nitrogen and oxygen atoms in total. The second-order valence-electron chi connectivity index (χ2n) is 10.5. The topological polar surface area (TPSA) is 91.4 Å². The van der Waals surface area contributed by atoms with Crippen molar-refractivity contribution < 1.29 is 33.3 Å². The van der Waals surface area contributed by atoms with E-state index < -0.39 is 22.9 Å². The van der Waals surface area contributed by atoms with E-state index in [1.165, 1.54) is 21.3 Å². The summed E-state index contributed by atoms with van der Waals surface area (Å²) in [6.45, 7) is 0.280. The number of allylic oxidation sites excluding steroid dienone is 1. The molecule has 8 heteroatoms. The van der Waals surface area contributed by atoms with Gasteiger partial charge in [-0.1, -0.05) is 66.7 Å². The van der Waals surface area contributed by atoms with Gasteiger partial charge in [-0.3, -0.25) is 14.4 Å². The van der Waals surface area contributed by atoms with Crippen molar-refractivity contribution in [3.05, 3.63) is 130 Å². The van der Waals surface area contributed by atoms with E-state index in [1.807, 2.05) is 12.1 Å². The highest BCUT2D eigenvalue weighted by molar-refractivity contribution is 6.35. The van der Waals surface area contributed by atoms with Crippen LogP contribution in [0.1, 0.15) is 37.4 Å². The molecule has 4 aromatic rings. The Hall–Kier alpha value is -5.37. The molecule has 0 aromatic heterocycles. The van der Waals surface area contributed by atoms with Crippen LogP contribution in [0.5, 0.6) is 23.0 Å². The lowest BCUT2D eigenvalue weighted by molar-refractivity contribution is -0.122. The molecular weight excluding hydrogens is 558 g/mol. The first-order valence-corrected chi connectivity index (χ1v) is 14.1. The zero-order valence-electron chi connectivity index (χ0n) is 24.9. The highest BCUT2D eigenvalue weighted by Crippen LogP contribution is 2.54. The Morgan fingerprint density at radius 1 is 0.659 bits per heavy atom. The van der Waals surface area contributed by atoms with Crippen LogP contribution in [0.15, 0.2) is 102 Å². The number of carbonyl (C=O) groups excluding carboxylic acids is 3. The van der Waals surface area contributed by atoms with Crippen LogP contribution in [0.3, 0.4) is 0 Å². The molecule has 1 atom stereocenters. The SMILES string of the molecule is COc1ccc(C23C(=O)C(C(=O)c4ccccc4)=C(C(=O)c4ccccc4)N2CCc2cc(OC)c(OC)cc23)cc1OC. The van der Waals surface area contributed by atoms with Gasteiger partial charge in [0.1, 0.15) is 5.70 Å². The van der Waals surface area contributed by atoms with E-state index in [0.717, 1.165) is 5.56 Å². The Morgan fingerprint density at radius 2 is 1.20 bits per heavy atom. The molecule has 0 amide bonds. The van der Waals surface area contributed by atoms with Gasteiger partial charge >= 0.3 is 0 Å². The lowest BCUT2D eigenvalue weighted by atomic mass is 9.72. The van der Waals surface area contributed by atoms with Crippen LogP contribution in [0.25, 0.3) is 0 Å². The summed E-state index contributed by atoms with van der Waals surface area (Å²) in [5.41, 5.74) is 0.927. The number of Topliss-reactive ketones (excluding diaryl/α,β-unsaturated/α-hetero) is 3. The second-order valence-corrected chi connectivity index (χ2v) is 10.5. The molecular formula is C36H31NO7. The third-order valence-electron chi connectivity index (χ3n) is 8.39. The van der Waals surface area contributed by atoms with Crippen LogP contribution < -0.4 is 18.9 Å². The molecule has 4 aromatic carbocycles. The maximum atomic E-state index is 15.3. The molecule has 222 valence electrons. The van der Waals surface area contributed by atoms with Crippen LogP contribution in [-0.2, 0) is 16.8 Å². The highest BCUT2D eigenvalue weighted by atomic mass is 16.5. The number of hydrogen-bond acceptors (Lipinski definition) is 8. The van der Waals surface area contributed by atoms with Crippen molar-refractivity contribution in [1.29, 1.82) is 0 Å². The van der Waals surface area contributed by atoms with Crippen molar-refractivity contribution in [2.24, 2.45) is 0 Å². The van der Waals surface area contributed by atoms with Gasteiger partial charge in [-0.05, 0) is 47.4 Å². The molecule has 0 N–H and O–H groups in total. The molecule has 0 saturated heterocycles. The van der Waals surface area contributed by atoms with Crippen molar-refractivity contribution in [1.82, 2.24) is 4.90 Å². The molecule has 0 aliphatic carbocycles. The van der Waals surface area contributed by atoms with Crippen molar-refractivity contribution in [2.45, 2.75) is 12.0 Å². The minimum atomic E-state index is -1.59. The lowest BCUT2D eigenvalue weighted by Crippen LogP contribution is -2.52. The first kappa shape index (κ1) is 28.7. The van der Waals surface area contributed by atoms with Gasteiger partial charge in [0.2, 0.25) is 11.6 Å². The normalized spacial score (nSPS) is 17.1. The monoisotopic (exact) mass is 589 g/mol. The van der Waals surface area contributed by atoms with Crippen molar-refractivity contribution in [3.8, 4) is 23.0 Å². The van der Waals surface area contributed by atoms with Gasteiger partial charge in [0.05, 0.1) is 34.0 Å². The molecule has 6 rings (SSSR count). The van der Waals surface area contributed by atoms with Gasteiger partial charge in [-0.15, -0.1) is 0 Å². The molecule has 0 radical (unpaired) electrons. The van der Waals surface area contributed by atoms with Crippen LogP contribution in [0, 0.1) is 0 Å². The predicted octanol–water partition coefficient (Wildman–Crippen LogP) is 5.43. The first-order chi connectivity index (χ1) is 21.4. The maximum absolute atomic E-state index is 15.3. The van der Waals surface area contributed by atoms with E-state index in [9.17, 15) is 9.59 Å². The van der Waals surface area contributed by atoms with Crippen LogP contribution >= 0.6 is 0 Å². The number of hydrogen-bond donors (Lipinski definition) is 0.